The minimum absolute atomic E-state index is 0.0716. The molecule has 0 unspecified atom stereocenters. The molecule has 0 aliphatic rings. The fourth-order valence-electron chi connectivity index (χ4n) is 0.638. The maximum absolute atomic E-state index is 12.4. The van der Waals surface area contributed by atoms with E-state index >= 15 is 0 Å². The molecule has 15 heavy (non-hydrogen) atoms. The van der Waals surface area contributed by atoms with Gasteiger partial charge in [0.1, 0.15) is 0 Å². The number of alkyl halides is 5. The van der Waals surface area contributed by atoms with Crippen molar-refractivity contribution in [3.8, 4) is 0 Å². The van der Waals surface area contributed by atoms with E-state index in [-0.39, 0.29) is 6.61 Å². The highest BCUT2D eigenvalue weighted by molar-refractivity contribution is 6.00. The number of hydrogen-bond acceptors (Lipinski definition) is 2. The summed E-state index contributed by atoms with van der Waals surface area (Å²) in [6, 6.07) is 0. The quantitative estimate of drug-likeness (QED) is 0.423. The second-order valence-electron chi connectivity index (χ2n) is 2.66. The van der Waals surface area contributed by atoms with Crippen LogP contribution in [0.4, 0.5) is 22.0 Å². The smallest absolute Gasteiger partial charge is 0.461 e. The van der Waals surface area contributed by atoms with Gasteiger partial charge < -0.3 is 4.74 Å². The zero-order chi connectivity index (χ0) is 12.3. The first-order valence-corrected chi connectivity index (χ1v) is 3.92. The number of ether oxygens (including phenoxy) is 1. The molecule has 0 heterocycles. The standard InChI is InChI=1S/C8H9F5O2/c1-3-15-4-5(2)6(14)7(9,10)8(11,12)13/h4H,3H2,1-2H3/b5-4+. The number of rotatable bonds is 4. The molecular weight excluding hydrogens is 223 g/mol. The average molecular weight is 232 g/mol. The van der Waals surface area contributed by atoms with Gasteiger partial charge in [-0.15, -0.1) is 0 Å². The predicted molar refractivity (Wildman–Crippen MR) is 41.4 cm³/mol. The molecule has 0 aliphatic carbocycles. The van der Waals surface area contributed by atoms with Crippen molar-refractivity contribution < 1.29 is 31.5 Å². The van der Waals surface area contributed by atoms with Crippen LogP contribution in [-0.4, -0.2) is 24.5 Å². The second-order valence-corrected chi connectivity index (χ2v) is 2.66. The monoisotopic (exact) mass is 232 g/mol. The van der Waals surface area contributed by atoms with Gasteiger partial charge in [-0.25, -0.2) is 0 Å². The maximum Gasteiger partial charge on any atom is 0.461 e. The SMILES string of the molecule is CCO/C=C(\C)C(=O)C(F)(F)C(F)(F)F. The van der Waals surface area contributed by atoms with Gasteiger partial charge in [0.2, 0.25) is 5.78 Å². The Labute approximate surface area is 82.7 Å². The topological polar surface area (TPSA) is 26.3 Å². The molecule has 0 N–H and O–H groups in total. The molecule has 0 amide bonds. The Morgan fingerprint density at radius 3 is 2.07 bits per heavy atom. The highest BCUT2D eigenvalue weighted by Gasteiger charge is 2.63. The van der Waals surface area contributed by atoms with E-state index in [0.29, 0.717) is 6.26 Å². The lowest BCUT2D eigenvalue weighted by Crippen LogP contribution is -2.44. The van der Waals surface area contributed by atoms with E-state index in [2.05, 4.69) is 4.74 Å². The molecule has 0 aromatic heterocycles. The van der Waals surface area contributed by atoms with Gasteiger partial charge in [0.25, 0.3) is 0 Å². The molecule has 2 nitrogen and oxygen atoms in total. The zero-order valence-electron chi connectivity index (χ0n) is 7.99. The fraction of sp³-hybridized carbons (Fsp3) is 0.625. The van der Waals surface area contributed by atoms with Crippen molar-refractivity contribution in [2.24, 2.45) is 0 Å². The highest BCUT2D eigenvalue weighted by atomic mass is 19.4. The number of carbonyl (C=O) groups excluding carboxylic acids is 1. The lowest BCUT2D eigenvalue weighted by atomic mass is 10.1. The van der Waals surface area contributed by atoms with Gasteiger partial charge in [0.05, 0.1) is 12.9 Å². The van der Waals surface area contributed by atoms with E-state index < -0.39 is 23.5 Å². The predicted octanol–water partition coefficient (Wildman–Crippen LogP) is 2.69. The van der Waals surface area contributed by atoms with Gasteiger partial charge in [0, 0.05) is 5.57 Å². The molecule has 0 aromatic rings. The molecule has 0 atom stereocenters. The summed E-state index contributed by atoms with van der Waals surface area (Å²) in [4.78, 5) is 10.7. The normalized spacial score (nSPS) is 13.9. The number of allylic oxidation sites excluding steroid dienone is 1. The second kappa shape index (κ2) is 4.59. The van der Waals surface area contributed by atoms with Crippen molar-refractivity contribution in [1.29, 1.82) is 0 Å². The molecule has 7 heteroatoms. The van der Waals surface area contributed by atoms with Gasteiger partial charge in [-0.05, 0) is 13.8 Å². The summed E-state index contributed by atoms with van der Waals surface area (Å²) in [7, 11) is 0. The summed E-state index contributed by atoms with van der Waals surface area (Å²) in [6.07, 6.45) is -5.30. The van der Waals surface area contributed by atoms with E-state index in [0.717, 1.165) is 6.92 Å². The van der Waals surface area contributed by atoms with Crippen molar-refractivity contribution in [3.05, 3.63) is 11.8 Å². The number of carbonyl (C=O) groups is 1. The van der Waals surface area contributed by atoms with Crippen LogP contribution in [0.5, 0.6) is 0 Å². The summed E-state index contributed by atoms with van der Waals surface area (Å²) in [6.45, 7) is 2.40. The van der Waals surface area contributed by atoms with E-state index in [1.807, 2.05) is 0 Å². The van der Waals surface area contributed by atoms with E-state index in [4.69, 9.17) is 0 Å². The van der Waals surface area contributed by atoms with Crippen molar-refractivity contribution >= 4 is 5.78 Å². The van der Waals surface area contributed by atoms with Gasteiger partial charge >= 0.3 is 12.1 Å². The van der Waals surface area contributed by atoms with Gasteiger partial charge in [0.15, 0.2) is 0 Å². The summed E-state index contributed by atoms with van der Waals surface area (Å²) in [5.41, 5.74) is -0.779. The fourth-order valence-corrected chi connectivity index (χ4v) is 0.638. The third-order valence-electron chi connectivity index (χ3n) is 1.43. The largest absolute Gasteiger partial charge is 0.501 e. The minimum Gasteiger partial charge on any atom is -0.501 e. The van der Waals surface area contributed by atoms with E-state index in [9.17, 15) is 26.7 Å². The van der Waals surface area contributed by atoms with E-state index in [1.165, 1.54) is 6.92 Å². The highest BCUT2D eigenvalue weighted by Crippen LogP contribution is 2.37. The molecule has 0 fully saturated rings. The summed E-state index contributed by atoms with van der Waals surface area (Å²) in [5.74, 6) is -7.67. The van der Waals surface area contributed by atoms with Crippen LogP contribution in [0, 0.1) is 0 Å². The Morgan fingerprint density at radius 1 is 1.27 bits per heavy atom. The number of hydrogen-bond donors (Lipinski definition) is 0. The number of halogens is 5. The van der Waals surface area contributed by atoms with Crippen LogP contribution in [0.25, 0.3) is 0 Å². The third-order valence-corrected chi connectivity index (χ3v) is 1.43. The molecule has 0 aromatic carbocycles. The zero-order valence-corrected chi connectivity index (χ0v) is 7.99. The van der Waals surface area contributed by atoms with Crippen LogP contribution in [0.15, 0.2) is 11.8 Å². The molecule has 0 radical (unpaired) electrons. The summed E-state index contributed by atoms with van der Waals surface area (Å²) in [5, 5.41) is 0. The Morgan fingerprint density at radius 2 is 1.73 bits per heavy atom. The van der Waals surface area contributed by atoms with Crippen molar-refractivity contribution in [1.82, 2.24) is 0 Å². The molecule has 0 aliphatic heterocycles. The van der Waals surface area contributed by atoms with Gasteiger partial charge in [-0.2, -0.15) is 22.0 Å². The number of ketones is 1. The molecule has 0 spiro atoms. The Bertz CT molecular complexity index is 267. The Kier molecular flexibility index (Phi) is 4.24. The Balaban J connectivity index is 4.86. The van der Waals surface area contributed by atoms with Crippen LogP contribution in [0.2, 0.25) is 0 Å². The first-order chi connectivity index (χ1) is 6.64. The molecule has 0 saturated heterocycles. The van der Waals surface area contributed by atoms with Crippen LogP contribution in [-0.2, 0) is 9.53 Å². The van der Waals surface area contributed by atoms with Gasteiger partial charge in [-0.1, -0.05) is 0 Å². The summed E-state index contributed by atoms with van der Waals surface area (Å²) < 4.78 is 64.5. The molecule has 0 rings (SSSR count). The number of Topliss-reactive ketones (excluding diaryl/α,β-unsaturated/α-hetero) is 1. The first-order valence-electron chi connectivity index (χ1n) is 3.92. The lowest BCUT2D eigenvalue weighted by Gasteiger charge is -2.18. The van der Waals surface area contributed by atoms with Gasteiger partial charge in [-0.3, -0.25) is 4.79 Å². The van der Waals surface area contributed by atoms with Crippen LogP contribution >= 0.6 is 0 Å². The Hall–Kier alpha value is -1.14. The molecule has 0 bridgehead atoms. The molecular formula is C8H9F5O2. The molecule has 0 saturated carbocycles. The lowest BCUT2D eigenvalue weighted by molar-refractivity contribution is -0.266. The maximum atomic E-state index is 12.4. The van der Waals surface area contributed by atoms with Crippen molar-refractivity contribution in [3.63, 3.8) is 0 Å². The average Bonchev–Trinajstić information content (AvgIpc) is 2.10. The minimum atomic E-state index is -5.88. The van der Waals surface area contributed by atoms with Crippen LogP contribution in [0.1, 0.15) is 13.8 Å². The van der Waals surface area contributed by atoms with Crippen LogP contribution < -0.4 is 0 Å². The van der Waals surface area contributed by atoms with E-state index in [1.54, 1.807) is 0 Å². The van der Waals surface area contributed by atoms with Crippen molar-refractivity contribution in [2.75, 3.05) is 6.61 Å². The summed E-state index contributed by atoms with van der Waals surface area (Å²) >= 11 is 0. The third kappa shape index (κ3) is 3.17. The molecule has 88 valence electrons. The first kappa shape index (κ1) is 13.9. The van der Waals surface area contributed by atoms with Crippen molar-refractivity contribution in [2.45, 2.75) is 25.9 Å². The van der Waals surface area contributed by atoms with Crippen LogP contribution in [0.3, 0.4) is 0 Å².